The van der Waals surface area contributed by atoms with Gasteiger partial charge in [-0.3, -0.25) is 4.79 Å². The molecule has 0 saturated heterocycles. The van der Waals surface area contributed by atoms with Gasteiger partial charge in [-0.1, -0.05) is 0 Å². The van der Waals surface area contributed by atoms with E-state index in [1.807, 2.05) is 10.8 Å². The number of carbonyl (C=O) groups excluding carboxylic acids is 1. The number of thiophene rings is 1. The van der Waals surface area contributed by atoms with Gasteiger partial charge in [0, 0.05) is 20.8 Å². The fourth-order valence-corrected chi connectivity index (χ4v) is 2.92. The predicted octanol–water partition coefficient (Wildman–Crippen LogP) is 4.10. The van der Waals surface area contributed by atoms with Crippen LogP contribution in [-0.4, -0.2) is 5.78 Å². The molecule has 0 aromatic carbocycles. The molecule has 0 unspecified atom stereocenters. The van der Waals surface area contributed by atoms with E-state index < -0.39 is 0 Å². The minimum Gasteiger partial charge on any atom is -0.457 e. The predicted molar refractivity (Wildman–Crippen MR) is 61.9 cm³/mol. The SMILES string of the molecule is O=C(c1cscc1Br)c1ccoc1Br. The average molecular weight is 336 g/mol. The van der Waals surface area contributed by atoms with Gasteiger partial charge in [0.25, 0.3) is 0 Å². The Bertz CT molecular complexity index is 430. The second-order valence-electron chi connectivity index (χ2n) is 2.57. The normalized spacial score (nSPS) is 10.4. The van der Waals surface area contributed by atoms with Crippen molar-refractivity contribution in [3.63, 3.8) is 0 Å². The smallest absolute Gasteiger partial charge is 0.199 e. The monoisotopic (exact) mass is 334 g/mol. The van der Waals surface area contributed by atoms with Gasteiger partial charge in [0.15, 0.2) is 10.5 Å². The Morgan fingerprint density at radius 3 is 2.57 bits per heavy atom. The highest BCUT2D eigenvalue weighted by molar-refractivity contribution is 9.10. The molecule has 0 N–H and O–H groups in total. The van der Waals surface area contributed by atoms with Crippen molar-refractivity contribution < 1.29 is 9.21 Å². The number of rotatable bonds is 2. The molecule has 0 radical (unpaired) electrons. The van der Waals surface area contributed by atoms with Gasteiger partial charge in [-0.25, -0.2) is 0 Å². The van der Waals surface area contributed by atoms with E-state index in [9.17, 15) is 4.79 Å². The van der Waals surface area contributed by atoms with Gasteiger partial charge in [0.05, 0.1) is 11.8 Å². The van der Waals surface area contributed by atoms with Crippen molar-refractivity contribution in [3.05, 3.63) is 43.4 Å². The summed E-state index contributed by atoms with van der Waals surface area (Å²) in [5.74, 6) is -0.0428. The molecule has 0 spiro atoms. The first-order valence-electron chi connectivity index (χ1n) is 3.69. The third-order valence-electron chi connectivity index (χ3n) is 1.72. The molecule has 0 bridgehead atoms. The van der Waals surface area contributed by atoms with Crippen molar-refractivity contribution in [1.82, 2.24) is 0 Å². The van der Waals surface area contributed by atoms with E-state index in [0.717, 1.165) is 4.47 Å². The molecule has 2 aromatic heterocycles. The first-order valence-corrected chi connectivity index (χ1v) is 6.22. The van der Waals surface area contributed by atoms with Gasteiger partial charge in [0.1, 0.15) is 0 Å². The Morgan fingerprint density at radius 1 is 1.29 bits per heavy atom. The number of ketones is 1. The summed E-state index contributed by atoms with van der Waals surface area (Å²) in [6.07, 6.45) is 1.48. The minimum atomic E-state index is -0.0428. The van der Waals surface area contributed by atoms with E-state index >= 15 is 0 Å². The molecule has 0 atom stereocenters. The zero-order chi connectivity index (χ0) is 10.1. The van der Waals surface area contributed by atoms with Crippen LogP contribution in [0.15, 0.2) is 36.6 Å². The molecule has 72 valence electrons. The van der Waals surface area contributed by atoms with Gasteiger partial charge >= 0.3 is 0 Å². The average Bonchev–Trinajstić information content (AvgIpc) is 2.73. The summed E-state index contributed by atoms with van der Waals surface area (Å²) in [6, 6.07) is 1.65. The highest BCUT2D eigenvalue weighted by atomic mass is 79.9. The Balaban J connectivity index is 2.44. The highest BCUT2D eigenvalue weighted by Crippen LogP contribution is 2.27. The summed E-state index contributed by atoms with van der Waals surface area (Å²) in [7, 11) is 0. The number of carbonyl (C=O) groups is 1. The van der Waals surface area contributed by atoms with Crippen LogP contribution >= 0.6 is 43.2 Å². The summed E-state index contributed by atoms with van der Waals surface area (Å²) in [6.45, 7) is 0. The maximum absolute atomic E-state index is 11.9. The lowest BCUT2D eigenvalue weighted by Crippen LogP contribution is -1.99. The third kappa shape index (κ3) is 1.71. The first-order chi connectivity index (χ1) is 6.70. The van der Waals surface area contributed by atoms with E-state index in [0.29, 0.717) is 15.8 Å². The Labute approximate surface area is 101 Å². The van der Waals surface area contributed by atoms with E-state index in [1.54, 1.807) is 6.07 Å². The van der Waals surface area contributed by atoms with Crippen LogP contribution in [0.5, 0.6) is 0 Å². The zero-order valence-electron chi connectivity index (χ0n) is 6.79. The van der Waals surface area contributed by atoms with E-state index in [1.165, 1.54) is 17.6 Å². The lowest BCUT2D eigenvalue weighted by Gasteiger charge is -1.95. The van der Waals surface area contributed by atoms with Gasteiger partial charge in [0.2, 0.25) is 0 Å². The fraction of sp³-hybridized carbons (Fsp3) is 0. The van der Waals surface area contributed by atoms with Crippen LogP contribution in [0.2, 0.25) is 0 Å². The van der Waals surface area contributed by atoms with E-state index in [4.69, 9.17) is 4.42 Å². The van der Waals surface area contributed by atoms with Crippen LogP contribution in [0.1, 0.15) is 15.9 Å². The number of furan rings is 1. The maximum atomic E-state index is 11.9. The van der Waals surface area contributed by atoms with Gasteiger partial charge < -0.3 is 4.42 Å². The minimum absolute atomic E-state index is 0.0428. The second kappa shape index (κ2) is 4.00. The lowest BCUT2D eigenvalue weighted by atomic mass is 10.1. The highest BCUT2D eigenvalue weighted by Gasteiger charge is 2.17. The molecule has 2 rings (SSSR count). The molecule has 2 nitrogen and oxygen atoms in total. The maximum Gasteiger partial charge on any atom is 0.199 e. The zero-order valence-corrected chi connectivity index (χ0v) is 10.8. The van der Waals surface area contributed by atoms with Crippen molar-refractivity contribution in [2.24, 2.45) is 0 Å². The largest absolute Gasteiger partial charge is 0.457 e. The van der Waals surface area contributed by atoms with Crippen molar-refractivity contribution in [1.29, 1.82) is 0 Å². The van der Waals surface area contributed by atoms with Crippen molar-refractivity contribution in [2.45, 2.75) is 0 Å². The standard InChI is InChI=1S/C9H4Br2O2S/c10-7-4-14-3-6(7)8(12)5-1-2-13-9(5)11/h1-4H. The van der Waals surface area contributed by atoms with Crippen LogP contribution in [0, 0.1) is 0 Å². The second-order valence-corrected chi connectivity index (χ2v) is 4.89. The number of hydrogen-bond acceptors (Lipinski definition) is 3. The van der Waals surface area contributed by atoms with Crippen LogP contribution in [0.3, 0.4) is 0 Å². The van der Waals surface area contributed by atoms with E-state index in [-0.39, 0.29) is 5.78 Å². The van der Waals surface area contributed by atoms with Crippen molar-refractivity contribution in [3.8, 4) is 0 Å². The molecule has 0 amide bonds. The Kier molecular flexibility index (Phi) is 2.90. The summed E-state index contributed by atoms with van der Waals surface area (Å²) >= 11 is 7.98. The summed E-state index contributed by atoms with van der Waals surface area (Å²) in [4.78, 5) is 11.9. The summed E-state index contributed by atoms with van der Waals surface area (Å²) in [5.41, 5.74) is 1.21. The molecule has 0 saturated carbocycles. The Hall–Kier alpha value is -0.390. The van der Waals surface area contributed by atoms with Crippen LogP contribution in [0.25, 0.3) is 0 Å². The molecule has 14 heavy (non-hydrogen) atoms. The molecule has 5 heteroatoms. The fourth-order valence-electron chi connectivity index (χ4n) is 1.04. The first kappa shape index (κ1) is 10.1. The van der Waals surface area contributed by atoms with Crippen LogP contribution in [0.4, 0.5) is 0 Å². The Morgan fingerprint density at radius 2 is 2.07 bits per heavy atom. The topological polar surface area (TPSA) is 30.2 Å². The number of hydrogen-bond donors (Lipinski definition) is 0. The van der Waals surface area contributed by atoms with Crippen molar-refractivity contribution in [2.75, 3.05) is 0 Å². The van der Waals surface area contributed by atoms with Gasteiger partial charge in [-0.15, -0.1) is 0 Å². The summed E-state index contributed by atoms with van der Waals surface area (Å²) in [5, 5.41) is 3.69. The molecular formula is C9H4Br2O2S. The summed E-state index contributed by atoms with van der Waals surface area (Å²) < 4.78 is 6.30. The molecule has 0 fully saturated rings. The van der Waals surface area contributed by atoms with Crippen LogP contribution < -0.4 is 0 Å². The van der Waals surface area contributed by atoms with Crippen molar-refractivity contribution >= 4 is 49.0 Å². The molecule has 0 aliphatic carbocycles. The van der Waals surface area contributed by atoms with Gasteiger partial charge in [-0.2, -0.15) is 11.3 Å². The lowest BCUT2D eigenvalue weighted by molar-refractivity contribution is 0.103. The number of halogens is 2. The van der Waals surface area contributed by atoms with E-state index in [2.05, 4.69) is 31.9 Å². The van der Waals surface area contributed by atoms with Crippen LogP contribution in [-0.2, 0) is 0 Å². The molecular weight excluding hydrogens is 332 g/mol. The quantitative estimate of drug-likeness (QED) is 0.773. The third-order valence-corrected chi connectivity index (χ3v) is 4.04. The molecule has 2 heterocycles. The molecule has 0 aliphatic rings. The molecule has 2 aromatic rings. The molecule has 0 aliphatic heterocycles. The van der Waals surface area contributed by atoms with Gasteiger partial charge in [-0.05, 0) is 37.9 Å².